The van der Waals surface area contributed by atoms with E-state index >= 15 is 0 Å². The number of non-ortho nitro benzene ring substituents is 1. The van der Waals surface area contributed by atoms with E-state index in [2.05, 4.69) is 5.32 Å². The highest BCUT2D eigenvalue weighted by Gasteiger charge is 2.12. The molecule has 0 spiro atoms. The van der Waals surface area contributed by atoms with Gasteiger partial charge in [-0.3, -0.25) is 14.9 Å². The van der Waals surface area contributed by atoms with E-state index < -0.39 is 10.8 Å². The molecule has 0 radical (unpaired) electrons. The number of carbonyl (C=O) groups is 1. The van der Waals surface area contributed by atoms with Gasteiger partial charge in [0, 0.05) is 23.4 Å². The van der Waals surface area contributed by atoms with Gasteiger partial charge in [-0.05, 0) is 30.7 Å². The molecule has 0 atom stereocenters. The minimum absolute atomic E-state index is 0.0824. The molecule has 0 saturated heterocycles. The van der Waals surface area contributed by atoms with E-state index in [0.717, 1.165) is 6.42 Å². The zero-order chi connectivity index (χ0) is 18.9. The highest BCUT2D eigenvalue weighted by atomic mass is 16.6. The summed E-state index contributed by atoms with van der Waals surface area (Å²) in [4.78, 5) is 22.4. The fourth-order valence-corrected chi connectivity index (χ4v) is 2.11. The molecular formula is C19H17N3O4. The van der Waals surface area contributed by atoms with Crippen molar-refractivity contribution in [2.24, 2.45) is 0 Å². The molecule has 2 rings (SSSR count). The number of hydrogen-bond acceptors (Lipinski definition) is 5. The van der Waals surface area contributed by atoms with Crippen LogP contribution < -0.4 is 10.1 Å². The zero-order valence-electron chi connectivity index (χ0n) is 14.1. The smallest absolute Gasteiger partial charge is 0.269 e. The van der Waals surface area contributed by atoms with Crippen LogP contribution in [0.4, 0.5) is 11.4 Å². The minimum Gasteiger partial charge on any atom is -0.493 e. The Balaban J connectivity index is 2.19. The van der Waals surface area contributed by atoms with Crippen molar-refractivity contribution in [1.29, 1.82) is 5.26 Å². The number of anilines is 1. The number of amides is 1. The van der Waals surface area contributed by atoms with Crippen molar-refractivity contribution in [3.8, 4) is 11.8 Å². The van der Waals surface area contributed by atoms with Crippen molar-refractivity contribution < 1.29 is 14.5 Å². The molecule has 0 aromatic heterocycles. The van der Waals surface area contributed by atoms with Crippen LogP contribution in [0.15, 0.2) is 54.1 Å². The maximum Gasteiger partial charge on any atom is 0.269 e. The van der Waals surface area contributed by atoms with Crippen LogP contribution in [0.2, 0.25) is 0 Å². The molecule has 1 amide bonds. The van der Waals surface area contributed by atoms with Gasteiger partial charge in [-0.1, -0.05) is 25.1 Å². The first-order valence-corrected chi connectivity index (χ1v) is 7.94. The molecule has 132 valence electrons. The minimum atomic E-state index is -0.605. The number of ether oxygens (including phenoxy) is 1. The van der Waals surface area contributed by atoms with Crippen molar-refractivity contribution in [1.82, 2.24) is 0 Å². The van der Waals surface area contributed by atoms with Gasteiger partial charge >= 0.3 is 0 Å². The summed E-state index contributed by atoms with van der Waals surface area (Å²) in [6.07, 6.45) is 2.29. The number of nitrogens with zero attached hydrogens (tertiary/aromatic N) is 2. The third-order valence-corrected chi connectivity index (χ3v) is 3.38. The number of nitro groups is 1. The lowest BCUT2D eigenvalue weighted by Crippen LogP contribution is -2.13. The predicted octanol–water partition coefficient (Wildman–Crippen LogP) is 3.93. The molecule has 0 fully saturated rings. The van der Waals surface area contributed by atoms with Crippen LogP contribution in [0.5, 0.6) is 5.75 Å². The highest BCUT2D eigenvalue weighted by molar-refractivity contribution is 6.09. The zero-order valence-corrected chi connectivity index (χ0v) is 14.1. The normalized spacial score (nSPS) is 10.7. The maximum atomic E-state index is 12.3. The van der Waals surface area contributed by atoms with Crippen molar-refractivity contribution >= 4 is 23.4 Å². The molecular weight excluding hydrogens is 334 g/mol. The van der Waals surface area contributed by atoms with Crippen LogP contribution in [0, 0.1) is 21.4 Å². The lowest BCUT2D eigenvalue weighted by atomic mass is 10.1. The number of carbonyl (C=O) groups excluding carboxylic acids is 1. The standard InChI is InChI=1S/C19H17N3O4/c1-2-11-26-18-6-4-3-5-14(18)12-15(13-20)19(23)21-16-7-9-17(10-8-16)22(24)25/h3-10,12H,2,11H2,1H3,(H,21,23)/b15-12+. The Morgan fingerprint density at radius 3 is 2.58 bits per heavy atom. The topological polar surface area (TPSA) is 105 Å². The van der Waals surface area contributed by atoms with Crippen LogP contribution >= 0.6 is 0 Å². The Hall–Kier alpha value is -3.66. The Kier molecular flexibility index (Phi) is 6.46. The van der Waals surface area contributed by atoms with Crippen LogP contribution in [0.3, 0.4) is 0 Å². The molecule has 2 aromatic carbocycles. The van der Waals surface area contributed by atoms with Gasteiger partial charge in [-0.25, -0.2) is 0 Å². The first-order valence-electron chi connectivity index (χ1n) is 7.94. The average molecular weight is 351 g/mol. The van der Waals surface area contributed by atoms with Crippen molar-refractivity contribution in [2.75, 3.05) is 11.9 Å². The van der Waals surface area contributed by atoms with E-state index in [-0.39, 0.29) is 11.3 Å². The molecule has 26 heavy (non-hydrogen) atoms. The largest absolute Gasteiger partial charge is 0.493 e. The Morgan fingerprint density at radius 2 is 1.96 bits per heavy atom. The van der Waals surface area contributed by atoms with E-state index in [0.29, 0.717) is 23.6 Å². The second-order valence-electron chi connectivity index (χ2n) is 5.31. The number of para-hydroxylation sites is 1. The number of nitrogens with one attached hydrogen (secondary N) is 1. The van der Waals surface area contributed by atoms with Gasteiger partial charge < -0.3 is 10.1 Å². The Morgan fingerprint density at radius 1 is 1.27 bits per heavy atom. The summed E-state index contributed by atoms with van der Waals surface area (Å²) in [7, 11) is 0. The van der Waals surface area contributed by atoms with E-state index in [4.69, 9.17) is 4.74 Å². The third-order valence-electron chi connectivity index (χ3n) is 3.38. The number of nitro benzene ring substituents is 1. The SMILES string of the molecule is CCCOc1ccccc1/C=C(\C#N)C(=O)Nc1ccc([N+](=O)[O-])cc1. The molecule has 0 aliphatic heterocycles. The number of benzene rings is 2. The molecule has 0 unspecified atom stereocenters. The van der Waals surface area contributed by atoms with Crippen LogP contribution in [-0.2, 0) is 4.79 Å². The quantitative estimate of drug-likeness (QED) is 0.352. The second kappa shape index (κ2) is 8.99. The predicted molar refractivity (Wildman–Crippen MR) is 97.5 cm³/mol. The van der Waals surface area contributed by atoms with Gasteiger partial charge in [0.05, 0.1) is 11.5 Å². The highest BCUT2D eigenvalue weighted by Crippen LogP contribution is 2.22. The molecule has 1 N–H and O–H groups in total. The lowest BCUT2D eigenvalue weighted by molar-refractivity contribution is -0.384. The fraction of sp³-hybridized carbons (Fsp3) is 0.158. The van der Waals surface area contributed by atoms with E-state index in [1.165, 1.54) is 30.3 Å². The second-order valence-corrected chi connectivity index (χ2v) is 5.31. The number of rotatable bonds is 7. The van der Waals surface area contributed by atoms with Gasteiger partial charge in [0.15, 0.2) is 0 Å². The number of nitriles is 1. The summed E-state index contributed by atoms with van der Waals surface area (Å²) in [5.41, 5.74) is 0.797. The van der Waals surface area contributed by atoms with Gasteiger partial charge in [-0.15, -0.1) is 0 Å². The summed E-state index contributed by atoms with van der Waals surface area (Å²) in [6, 6.07) is 14.4. The first-order chi connectivity index (χ1) is 12.5. The molecule has 0 heterocycles. The summed E-state index contributed by atoms with van der Waals surface area (Å²) in [6.45, 7) is 2.51. The van der Waals surface area contributed by atoms with E-state index in [9.17, 15) is 20.2 Å². The third kappa shape index (κ3) is 4.92. The first kappa shape index (κ1) is 18.7. The Labute approximate surface area is 150 Å². The van der Waals surface area contributed by atoms with E-state index in [1.807, 2.05) is 19.1 Å². The van der Waals surface area contributed by atoms with Crippen molar-refractivity contribution in [3.05, 3.63) is 69.8 Å². The monoisotopic (exact) mass is 351 g/mol. The molecule has 7 heteroatoms. The van der Waals surface area contributed by atoms with Gasteiger partial charge in [0.1, 0.15) is 17.4 Å². The summed E-state index contributed by atoms with van der Waals surface area (Å²) in [5.74, 6) is -0.0168. The van der Waals surface area contributed by atoms with Crippen LogP contribution in [0.1, 0.15) is 18.9 Å². The Bertz CT molecular complexity index is 867. The molecule has 7 nitrogen and oxygen atoms in total. The van der Waals surface area contributed by atoms with Crippen molar-refractivity contribution in [2.45, 2.75) is 13.3 Å². The summed E-state index contributed by atoms with van der Waals surface area (Å²) in [5, 5.41) is 22.5. The number of hydrogen-bond donors (Lipinski definition) is 1. The van der Waals surface area contributed by atoms with Gasteiger partial charge in [0.25, 0.3) is 11.6 Å². The summed E-state index contributed by atoms with van der Waals surface area (Å²) < 4.78 is 5.62. The fourth-order valence-electron chi connectivity index (χ4n) is 2.11. The molecule has 0 aliphatic carbocycles. The van der Waals surface area contributed by atoms with Crippen LogP contribution in [0.25, 0.3) is 6.08 Å². The average Bonchev–Trinajstić information content (AvgIpc) is 2.65. The van der Waals surface area contributed by atoms with Gasteiger partial charge in [0.2, 0.25) is 0 Å². The van der Waals surface area contributed by atoms with Gasteiger partial charge in [-0.2, -0.15) is 5.26 Å². The molecule has 0 aliphatic rings. The maximum absolute atomic E-state index is 12.3. The molecule has 0 bridgehead atoms. The molecule has 2 aromatic rings. The summed E-state index contributed by atoms with van der Waals surface area (Å²) >= 11 is 0. The van der Waals surface area contributed by atoms with Crippen molar-refractivity contribution in [3.63, 3.8) is 0 Å². The molecule has 0 saturated carbocycles. The van der Waals surface area contributed by atoms with Crippen LogP contribution in [-0.4, -0.2) is 17.4 Å². The lowest BCUT2D eigenvalue weighted by Gasteiger charge is -2.08. The van der Waals surface area contributed by atoms with E-state index in [1.54, 1.807) is 18.2 Å².